The summed E-state index contributed by atoms with van der Waals surface area (Å²) in [7, 11) is 5.57. The molecule has 2 aliphatic heterocycles. The second kappa shape index (κ2) is 5.56. The number of anilines is 1. The number of hydrogen-bond acceptors (Lipinski definition) is 4. The number of hydrogen-bond donors (Lipinski definition) is 2. The molecule has 5 nitrogen and oxygen atoms in total. The molecule has 0 fully saturated rings. The number of benzene rings is 2. The van der Waals surface area contributed by atoms with Crippen LogP contribution >= 0.6 is 0 Å². The monoisotopic (exact) mass is 341 g/mol. The van der Waals surface area contributed by atoms with Gasteiger partial charge in [-0.2, -0.15) is 0 Å². The van der Waals surface area contributed by atoms with Crippen LogP contribution in [0.4, 0.5) is 5.69 Å². The van der Waals surface area contributed by atoms with Gasteiger partial charge in [-0.15, -0.1) is 0 Å². The molecular weight excluding hydrogens is 316 g/mol. The highest BCUT2D eigenvalue weighted by Crippen LogP contribution is 2.46. The first-order chi connectivity index (χ1) is 11.9. The second-order valence-electron chi connectivity index (χ2n) is 7.42. The van der Waals surface area contributed by atoms with Crippen molar-refractivity contribution in [2.75, 3.05) is 33.5 Å². The lowest BCUT2D eigenvalue weighted by molar-refractivity contribution is -0.956. The van der Waals surface area contributed by atoms with Gasteiger partial charge < -0.3 is 24.8 Å². The van der Waals surface area contributed by atoms with Gasteiger partial charge in [0.05, 0.1) is 33.5 Å². The Hall–Kier alpha value is -2.40. The van der Waals surface area contributed by atoms with Crippen LogP contribution in [-0.2, 0) is 19.4 Å². The van der Waals surface area contributed by atoms with E-state index in [1.165, 1.54) is 22.3 Å². The molecule has 0 saturated carbocycles. The van der Waals surface area contributed by atoms with Gasteiger partial charge in [0.1, 0.15) is 18.3 Å². The summed E-state index contributed by atoms with van der Waals surface area (Å²) in [5.74, 6) is 1.52. The molecule has 132 valence electrons. The normalized spacial score (nSPS) is 24.0. The van der Waals surface area contributed by atoms with E-state index in [1.807, 2.05) is 12.1 Å². The second-order valence-corrected chi connectivity index (χ2v) is 7.42. The van der Waals surface area contributed by atoms with Crippen molar-refractivity contribution >= 4 is 5.69 Å². The summed E-state index contributed by atoms with van der Waals surface area (Å²) in [6, 6.07) is 8.37. The number of quaternary nitrogens is 1. The zero-order valence-electron chi connectivity index (χ0n) is 15.0. The molecule has 2 aromatic carbocycles. The summed E-state index contributed by atoms with van der Waals surface area (Å²) in [5.41, 5.74) is 12.0. The molecule has 25 heavy (non-hydrogen) atoms. The van der Waals surface area contributed by atoms with Gasteiger partial charge >= 0.3 is 0 Å². The van der Waals surface area contributed by atoms with Crippen LogP contribution in [0.3, 0.4) is 0 Å². The van der Waals surface area contributed by atoms with Crippen molar-refractivity contribution in [3.63, 3.8) is 0 Å². The number of rotatable bonds is 2. The first kappa shape index (κ1) is 16.1. The van der Waals surface area contributed by atoms with Gasteiger partial charge in [-0.3, -0.25) is 0 Å². The molecule has 0 amide bonds. The highest BCUT2D eigenvalue weighted by molar-refractivity contribution is 5.58. The number of phenols is 1. The fraction of sp³-hybridized carbons (Fsp3) is 0.400. The lowest BCUT2D eigenvalue weighted by Gasteiger charge is -2.49. The molecule has 2 atom stereocenters. The number of methoxy groups -OCH3 is 2. The molecule has 4 rings (SSSR count). The molecule has 3 N–H and O–H groups in total. The summed E-state index contributed by atoms with van der Waals surface area (Å²) in [6.07, 6.45) is 1.91. The maximum absolute atomic E-state index is 10.2. The van der Waals surface area contributed by atoms with E-state index in [1.54, 1.807) is 14.2 Å². The minimum absolute atomic E-state index is 0.211. The van der Waals surface area contributed by atoms with Crippen LogP contribution in [0.5, 0.6) is 17.2 Å². The third-order valence-electron chi connectivity index (χ3n) is 5.94. The van der Waals surface area contributed by atoms with Crippen molar-refractivity contribution < 1.29 is 19.1 Å². The van der Waals surface area contributed by atoms with Crippen molar-refractivity contribution in [3.05, 3.63) is 46.5 Å². The van der Waals surface area contributed by atoms with Gasteiger partial charge in [0.2, 0.25) is 0 Å². The molecule has 0 aromatic heterocycles. The third kappa shape index (κ3) is 2.42. The van der Waals surface area contributed by atoms with Crippen molar-refractivity contribution in [3.8, 4) is 17.2 Å². The van der Waals surface area contributed by atoms with Crippen molar-refractivity contribution in [2.24, 2.45) is 0 Å². The van der Waals surface area contributed by atoms with E-state index in [4.69, 9.17) is 15.2 Å². The van der Waals surface area contributed by atoms with E-state index in [0.717, 1.165) is 36.2 Å². The third-order valence-corrected chi connectivity index (χ3v) is 5.94. The number of likely N-dealkylation sites (N-methyl/N-ethyl adjacent to an activating group) is 1. The number of nitrogens with two attached hydrogens (primary N) is 1. The van der Waals surface area contributed by atoms with E-state index in [-0.39, 0.29) is 5.75 Å². The summed E-state index contributed by atoms with van der Waals surface area (Å²) < 4.78 is 11.6. The van der Waals surface area contributed by atoms with Crippen molar-refractivity contribution in [1.82, 2.24) is 0 Å². The predicted octanol–water partition coefficient (Wildman–Crippen LogP) is 2.79. The lowest BCUT2D eigenvalue weighted by atomic mass is 9.81. The van der Waals surface area contributed by atoms with Gasteiger partial charge in [-0.1, -0.05) is 0 Å². The number of phenolic OH excluding ortho intramolecular Hbond substituents is 1. The highest BCUT2D eigenvalue weighted by atomic mass is 16.5. The summed E-state index contributed by atoms with van der Waals surface area (Å²) in [4.78, 5) is 0. The maximum Gasteiger partial charge on any atom is 0.160 e. The molecule has 0 spiro atoms. The minimum atomic E-state index is 0.211. The molecule has 0 bridgehead atoms. The quantitative estimate of drug-likeness (QED) is 0.651. The zero-order valence-corrected chi connectivity index (χ0v) is 15.0. The van der Waals surface area contributed by atoms with Crippen molar-refractivity contribution in [2.45, 2.75) is 25.4 Å². The molecule has 2 heterocycles. The van der Waals surface area contributed by atoms with Crippen LogP contribution in [0.15, 0.2) is 24.3 Å². The molecule has 0 saturated heterocycles. The number of aromatic hydroxyl groups is 1. The predicted molar refractivity (Wildman–Crippen MR) is 97.0 cm³/mol. The first-order valence-corrected chi connectivity index (χ1v) is 8.64. The molecule has 2 aromatic rings. The van der Waals surface area contributed by atoms with Gasteiger partial charge in [0.25, 0.3) is 0 Å². The number of fused-ring (bicyclic) bond motifs is 4. The van der Waals surface area contributed by atoms with Gasteiger partial charge in [0, 0.05) is 24.0 Å². The van der Waals surface area contributed by atoms with Gasteiger partial charge in [-0.05, 0) is 35.4 Å². The van der Waals surface area contributed by atoms with Crippen LogP contribution in [0, 0.1) is 0 Å². The number of nitrogen functional groups attached to an aromatic ring is 1. The Labute approximate surface area is 148 Å². The average molecular weight is 341 g/mol. The molecule has 0 aliphatic carbocycles. The minimum Gasteiger partial charge on any atom is -0.504 e. The summed E-state index contributed by atoms with van der Waals surface area (Å²) in [5, 5.41) is 10.2. The summed E-state index contributed by atoms with van der Waals surface area (Å²) in [6.45, 7) is 2.01. The maximum atomic E-state index is 10.2. The molecule has 0 unspecified atom stereocenters. The van der Waals surface area contributed by atoms with Gasteiger partial charge in [-0.25, -0.2) is 0 Å². The van der Waals surface area contributed by atoms with Crippen LogP contribution in [0.2, 0.25) is 0 Å². The Kier molecular flexibility index (Phi) is 3.58. The Morgan fingerprint density at radius 2 is 1.76 bits per heavy atom. The Bertz CT molecular complexity index is 849. The van der Waals surface area contributed by atoms with E-state index in [9.17, 15) is 5.11 Å². The first-order valence-electron chi connectivity index (χ1n) is 8.64. The molecule has 5 heteroatoms. The highest BCUT2D eigenvalue weighted by Gasteiger charge is 2.43. The van der Waals surface area contributed by atoms with E-state index in [0.29, 0.717) is 17.5 Å². The van der Waals surface area contributed by atoms with Crippen LogP contribution in [0.1, 0.15) is 28.3 Å². The van der Waals surface area contributed by atoms with Crippen LogP contribution in [0.25, 0.3) is 0 Å². The molecule has 0 radical (unpaired) electrons. The topological polar surface area (TPSA) is 64.7 Å². The molecule has 2 aliphatic rings. The fourth-order valence-corrected chi connectivity index (χ4v) is 4.50. The van der Waals surface area contributed by atoms with E-state index >= 15 is 0 Å². The van der Waals surface area contributed by atoms with Crippen molar-refractivity contribution in [1.29, 1.82) is 0 Å². The molecular formula is C20H25N2O3+. The fourth-order valence-electron chi connectivity index (χ4n) is 4.50. The van der Waals surface area contributed by atoms with Crippen LogP contribution in [-0.4, -0.2) is 37.4 Å². The zero-order chi connectivity index (χ0) is 17.8. The Morgan fingerprint density at radius 1 is 1.04 bits per heavy atom. The number of ether oxygens (including phenoxy) is 2. The summed E-state index contributed by atoms with van der Waals surface area (Å²) >= 11 is 0. The Balaban J connectivity index is 1.81. The Morgan fingerprint density at radius 3 is 2.48 bits per heavy atom. The lowest BCUT2D eigenvalue weighted by Crippen LogP contribution is -2.53. The van der Waals surface area contributed by atoms with Gasteiger partial charge in [0.15, 0.2) is 11.5 Å². The standard InChI is InChI=1S/C20H24N2O3/c1-22-5-4-12-8-19(24-2)16(21)10-15(12)17(22)6-13-7-18(23)20(25-3)9-14(13)11-22/h7-10,17H,4-6,11,21H2,1-3H3/p+1/t17-,22-/m0/s1. The van der Waals surface area contributed by atoms with E-state index < -0.39 is 0 Å². The largest absolute Gasteiger partial charge is 0.504 e. The van der Waals surface area contributed by atoms with E-state index in [2.05, 4.69) is 19.2 Å². The van der Waals surface area contributed by atoms with Crippen LogP contribution < -0.4 is 15.2 Å². The number of nitrogens with zero attached hydrogens (tertiary/aromatic N) is 1. The SMILES string of the molecule is COc1cc2c(cc1N)[C@@H]1Cc3cc(O)c(OC)cc3C[N@+]1(C)CC2. The average Bonchev–Trinajstić information content (AvgIpc) is 2.59. The smallest absolute Gasteiger partial charge is 0.160 e.